The largest absolute Gasteiger partial charge is 0.493 e. The molecule has 2 N–H and O–H groups in total. The summed E-state index contributed by atoms with van der Waals surface area (Å²) in [6.07, 6.45) is 2.00. The lowest BCUT2D eigenvalue weighted by atomic mass is 9.94. The summed E-state index contributed by atoms with van der Waals surface area (Å²) in [5.74, 6) is 1.49. The van der Waals surface area contributed by atoms with E-state index in [0.29, 0.717) is 35.3 Å². The van der Waals surface area contributed by atoms with Crippen LogP contribution in [0.5, 0.6) is 11.5 Å². The Bertz CT molecular complexity index is 1230. The molecule has 34 heavy (non-hydrogen) atoms. The highest BCUT2D eigenvalue weighted by molar-refractivity contribution is 6.06. The van der Waals surface area contributed by atoms with E-state index >= 15 is 0 Å². The Balaban J connectivity index is 1.72. The normalized spacial score (nSPS) is 14.9. The standard InChI is InChI=1S/C25H30N6O3/c1-6-7-12-34-20-11-9-18(14-21(20)33-5)23-22(17(4)26-25-28-29-30-31(23)25)24(32)27-19-10-8-15(2)13-16(19)3/h8-11,13-14,23H,6-7,12H2,1-5H3,(H,27,32)(H,26,28,30). The molecular formula is C25H30N6O3. The van der Waals surface area contributed by atoms with Crippen molar-refractivity contribution >= 4 is 17.5 Å². The van der Waals surface area contributed by atoms with Crippen LogP contribution in [0.1, 0.15) is 49.4 Å². The number of amides is 1. The molecule has 9 heteroatoms. The topological polar surface area (TPSA) is 103 Å². The van der Waals surface area contributed by atoms with Gasteiger partial charge >= 0.3 is 0 Å². The second-order valence-corrected chi connectivity index (χ2v) is 8.40. The van der Waals surface area contributed by atoms with Crippen LogP contribution in [0.25, 0.3) is 0 Å². The molecule has 2 aromatic carbocycles. The number of benzene rings is 2. The van der Waals surface area contributed by atoms with Crippen molar-refractivity contribution in [2.24, 2.45) is 0 Å². The number of anilines is 2. The van der Waals surface area contributed by atoms with Crippen molar-refractivity contribution in [2.75, 3.05) is 24.4 Å². The second-order valence-electron chi connectivity index (χ2n) is 8.40. The van der Waals surface area contributed by atoms with Crippen LogP contribution < -0.4 is 20.1 Å². The molecule has 0 bridgehead atoms. The van der Waals surface area contributed by atoms with Crippen LogP contribution in [-0.2, 0) is 4.79 Å². The number of hydrogen-bond donors (Lipinski definition) is 2. The van der Waals surface area contributed by atoms with Gasteiger partial charge in [-0.25, -0.2) is 0 Å². The molecular weight excluding hydrogens is 432 g/mol. The van der Waals surface area contributed by atoms with E-state index in [2.05, 4.69) is 33.1 Å². The van der Waals surface area contributed by atoms with E-state index in [0.717, 1.165) is 35.2 Å². The molecule has 0 spiro atoms. The first kappa shape index (κ1) is 23.3. The van der Waals surface area contributed by atoms with E-state index in [-0.39, 0.29) is 5.91 Å². The van der Waals surface area contributed by atoms with Crippen molar-refractivity contribution in [2.45, 2.75) is 46.6 Å². The molecule has 0 saturated heterocycles. The van der Waals surface area contributed by atoms with Crippen molar-refractivity contribution in [1.29, 1.82) is 0 Å². The van der Waals surface area contributed by atoms with E-state index in [9.17, 15) is 4.79 Å². The molecule has 1 atom stereocenters. The van der Waals surface area contributed by atoms with Crippen molar-refractivity contribution in [3.63, 3.8) is 0 Å². The molecule has 178 valence electrons. The van der Waals surface area contributed by atoms with Crippen molar-refractivity contribution in [3.05, 3.63) is 64.4 Å². The van der Waals surface area contributed by atoms with Crippen molar-refractivity contribution in [3.8, 4) is 11.5 Å². The predicted molar refractivity (Wildman–Crippen MR) is 130 cm³/mol. The minimum absolute atomic E-state index is 0.231. The first-order chi connectivity index (χ1) is 16.4. The number of hydrogen-bond acceptors (Lipinski definition) is 7. The summed E-state index contributed by atoms with van der Waals surface area (Å²) >= 11 is 0. The van der Waals surface area contributed by atoms with E-state index < -0.39 is 6.04 Å². The molecule has 1 amide bonds. The molecule has 9 nitrogen and oxygen atoms in total. The Morgan fingerprint density at radius 3 is 2.71 bits per heavy atom. The number of aromatic nitrogens is 4. The first-order valence-corrected chi connectivity index (χ1v) is 11.4. The lowest BCUT2D eigenvalue weighted by Gasteiger charge is -2.28. The molecule has 1 aromatic heterocycles. The number of aryl methyl sites for hydroxylation is 2. The average molecular weight is 463 g/mol. The summed E-state index contributed by atoms with van der Waals surface area (Å²) in [7, 11) is 1.60. The number of nitrogens with zero attached hydrogens (tertiary/aromatic N) is 4. The molecule has 1 aliphatic rings. The lowest BCUT2D eigenvalue weighted by Crippen LogP contribution is -2.31. The summed E-state index contributed by atoms with van der Waals surface area (Å²) < 4.78 is 13.1. The van der Waals surface area contributed by atoms with E-state index in [1.807, 2.05) is 57.2 Å². The maximum atomic E-state index is 13.6. The number of unbranched alkanes of at least 4 members (excludes halogenated alkanes) is 1. The van der Waals surface area contributed by atoms with Gasteiger partial charge in [-0.15, -0.1) is 0 Å². The van der Waals surface area contributed by atoms with Gasteiger partial charge in [-0.05, 0) is 66.9 Å². The second kappa shape index (κ2) is 9.94. The Morgan fingerprint density at radius 1 is 1.15 bits per heavy atom. The summed E-state index contributed by atoms with van der Waals surface area (Å²) in [4.78, 5) is 13.6. The third kappa shape index (κ3) is 4.59. The Hall–Kier alpha value is -3.88. The monoisotopic (exact) mass is 462 g/mol. The number of ether oxygens (including phenoxy) is 2. The molecule has 0 saturated carbocycles. The molecule has 0 fully saturated rings. The maximum absolute atomic E-state index is 13.6. The fourth-order valence-electron chi connectivity index (χ4n) is 4.06. The van der Waals surface area contributed by atoms with Gasteiger partial charge in [0, 0.05) is 11.4 Å². The molecule has 0 radical (unpaired) electrons. The SMILES string of the molecule is CCCCOc1ccc(C2C(C(=O)Nc3ccc(C)cc3C)=C(C)Nc3nnnn32)cc1OC. The Kier molecular flexibility index (Phi) is 6.81. The Labute approximate surface area is 199 Å². The van der Waals surface area contributed by atoms with Crippen LogP contribution in [0, 0.1) is 13.8 Å². The minimum Gasteiger partial charge on any atom is -0.493 e. The fraction of sp³-hybridized carbons (Fsp3) is 0.360. The van der Waals surface area contributed by atoms with Crippen LogP contribution in [0.2, 0.25) is 0 Å². The smallest absolute Gasteiger partial charge is 0.255 e. The number of fused-ring (bicyclic) bond motifs is 1. The Morgan fingerprint density at radius 2 is 1.97 bits per heavy atom. The highest BCUT2D eigenvalue weighted by atomic mass is 16.5. The zero-order chi connectivity index (χ0) is 24.2. The number of allylic oxidation sites excluding steroid dienone is 1. The minimum atomic E-state index is -0.546. The molecule has 2 heterocycles. The highest BCUT2D eigenvalue weighted by Gasteiger charge is 2.34. The fourth-order valence-corrected chi connectivity index (χ4v) is 4.06. The quantitative estimate of drug-likeness (QED) is 0.478. The van der Waals surface area contributed by atoms with E-state index in [1.54, 1.807) is 11.8 Å². The zero-order valence-corrected chi connectivity index (χ0v) is 20.2. The number of methoxy groups -OCH3 is 1. The lowest BCUT2D eigenvalue weighted by molar-refractivity contribution is -0.113. The predicted octanol–water partition coefficient (Wildman–Crippen LogP) is 4.41. The van der Waals surface area contributed by atoms with Crippen LogP contribution in [0.4, 0.5) is 11.6 Å². The maximum Gasteiger partial charge on any atom is 0.255 e. The van der Waals surface area contributed by atoms with E-state index in [1.165, 1.54) is 0 Å². The number of rotatable bonds is 8. The summed E-state index contributed by atoms with van der Waals surface area (Å²) in [6.45, 7) is 8.57. The van der Waals surface area contributed by atoms with Gasteiger partial charge in [0.2, 0.25) is 5.95 Å². The summed E-state index contributed by atoms with van der Waals surface area (Å²) in [5, 5.41) is 18.2. The number of nitrogens with one attached hydrogen (secondary N) is 2. The van der Waals surface area contributed by atoms with E-state index in [4.69, 9.17) is 9.47 Å². The van der Waals surface area contributed by atoms with Crippen molar-refractivity contribution in [1.82, 2.24) is 20.2 Å². The molecule has 4 rings (SSSR count). The molecule has 3 aromatic rings. The summed E-state index contributed by atoms with van der Waals surface area (Å²) in [6, 6.07) is 11.0. The van der Waals surface area contributed by atoms with Gasteiger partial charge in [0.15, 0.2) is 11.5 Å². The van der Waals surface area contributed by atoms with Gasteiger partial charge in [0.1, 0.15) is 6.04 Å². The average Bonchev–Trinajstić information content (AvgIpc) is 3.28. The first-order valence-electron chi connectivity index (χ1n) is 11.4. The number of tetrazole rings is 1. The number of carbonyl (C=O) groups is 1. The zero-order valence-electron chi connectivity index (χ0n) is 20.2. The molecule has 1 unspecified atom stereocenters. The third-order valence-electron chi connectivity index (χ3n) is 5.85. The molecule has 0 aliphatic carbocycles. The van der Waals surface area contributed by atoms with Gasteiger partial charge in [-0.2, -0.15) is 4.68 Å². The molecule has 1 aliphatic heterocycles. The number of carbonyl (C=O) groups excluding carboxylic acids is 1. The third-order valence-corrected chi connectivity index (χ3v) is 5.85. The van der Waals surface area contributed by atoms with Crippen LogP contribution in [-0.4, -0.2) is 39.8 Å². The van der Waals surface area contributed by atoms with Gasteiger partial charge in [0.25, 0.3) is 5.91 Å². The van der Waals surface area contributed by atoms with Crippen LogP contribution in [0.15, 0.2) is 47.7 Å². The van der Waals surface area contributed by atoms with Gasteiger partial charge in [-0.1, -0.05) is 42.2 Å². The van der Waals surface area contributed by atoms with Gasteiger partial charge in [0.05, 0.1) is 19.3 Å². The van der Waals surface area contributed by atoms with Crippen LogP contribution in [0.3, 0.4) is 0 Å². The van der Waals surface area contributed by atoms with Crippen molar-refractivity contribution < 1.29 is 14.3 Å². The van der Waals surface area contributed by atoms with Crippen LogP contribution >= 0.6 is 0 Å². The van der Waals surface area contributed by atoms with Gasteiger partial charge < -0.3 is 20.1 Å². The summed E-state index contributed by atoms with van der Waals surface area (Å²) in [5.41, 5.74) is 4.88. The highest BCUT2D eigenvalue weighted by Crippen LogP contribution is 2.38. The van der Waals surface area contributed by atoms with Gasteiger partial charge in [-0.3, -0.25) is 4.79 Å².